The Balaban J connectivity index is 1.37. The van der Waals surface area contributed by atoms with Crippen molar-refractivity contribution < 1.29 is 23.7 Å². The smallest absolute Gasteiger partial charge is 0.224 e. The maximum absolute atomic E-state index is 12.6. The highest BCUT2D eigenvalue weighted by Crippen LogP contribution is 2.34. The zero-order chi connectivity index (χ0) is 20.9. The maximum atomic E-state index is 12.6. The lowest BCUT2D eigenvalue weighted by Crippen LogP contribution is -2.28. The lowest BCUT2D eigenvalue weighted by molar-refractivity contribution is -0.121. The van der Waals surface area contributed by atoms with Crippen molar-refractivity contribution in [2.75, 3.05) is 20.3 Å². The Bertz CT molecular complexity index is 891. The molecule has 4 rings (SSSR count). The average Bonchev–Trinajstić information content (AvgIpc) is 3.27. The molecule has 0 aromatic heterocycles. The molecule has 0 radical (unpaired) electrons. The van der Waals surface area contributed by atoms with Crippen molar-refractivity contribution >= 4 is 5.91 Å². The van der Waals surface area contributed by atoms with E-state index in [9.17, 15) is 4.79 Å². The fourth-order valence-corrected chi connectivity index (χ4v) is 4.00. The van der Waals surface area contributed by atoms with Crippen molar-refractivity contribution in [1.29, 1.82) is 0 Å². The van der Waals surface area contributed by atoms with Crippen LogP contribution < -0.4 is 24.3 Å². The molecule has 0 saturated heterocycles. The second-order valence-corrected chi connectivity index (χ2v) is 7.88. The number of rotatable bonds is 7. The predicted octanol–water partition coefficient (Wildman–Crippen LogP) is 4.21. The second-order valence-electron chi connectivity index (χ2n) is 7.88. The van der Waals surface area contributed by atoms with E-state index in [0.717, 1.165) is 35.5 Å². The van der Waals surface area contributed by atoms with E-state index >= 15 is 0 Å². The van der Waals surface area contributed by atoms with E-state index in [4.69, 9.17) is 18.9 Å². The van der Waals surface area contributed by atoms with Crippen LogP contribution in [0.4, 0.5) is 0 Å². The molecule has 160 valence electrons. The summed E-state index contributed by atoms with van der Waals surface area (Å²) < 4.78 is 22.8. The molecule has 0 bridgehead atoms. The molecule has 1 heterocycles. The Morgan fingerprint density at radius 1 is 1.07 bits per heavy atom. The van der Waals surface area contributed by atoms with Crippen LogP contribution in [0.5, 0.6) is 23.0 Å². The van der Waals surface area contributed by atoms with Gasteiger partial charge in [0, 0.05) is 0 Å². The summed E-state index contributed by atoms with van der Waals surface area (Å²) in [4.78, 5) is 12.6. The third kappa shape index (κ3) is 4.81. The van der Waals surface area contributed by atoms with E-state index < -0.39 is 0 Å². The zero-order valence-corrected chi connectivity index (χ0v) is 17.6. The molecular formula is C24H29NO5. The number of methoxy groups -OCH3 is 1. The molecular weight excluding hydrogens is 382 g/mol. The normalized spacial score (nSPS) is 16.7. The average molecular weight is 411 g/mol. The number of hydrogen-bond acceptors (Lipinski definition) is 5. The van der Waals surface area contributed by atoms with Gasteiger partial charge in [-0.2, -0.15) is 0 Å². The number of carbonyl (C=O) groups excluding carboxylic acids is 1. The summed E-state index contributed by atoms with van der Waals surface area (Å²) in [5.41, 5.74) is 1.86. The van der Waals surface area contributed by atoms with Gasteiger partial charge in [-0.15, -0.1) is 0 Å². The van der Waals surface area contributed by atoms with Crippen molar-refractivity contribution in [3.63, 3.8) is 0 Å². The maximum Gasteiger partial charge on any atom is 0.224 e. The van der Waals surface area contributed by atoms with Crippen LogP contribution in [-0.4, -0.2) is 32.3 Å². The van der Waals surface area contributed by atoms with Crippen LogP contribution in [0, 0.1) is 0 Å². The summed E-state index contributed by atoms with van der Waals surface area (Å²) in [7, 11) is 1.64. The van der Waals surface area contributed by atoms with Gasteiger partial charge in [0.1, 0.15) is 13.2 Å². The van der Waals surface area contributed by atoms with Gasteiger partial charge in [-0.1, -0.05) is 12.1 Å². The number of benzene rings is 2. The highest BCUT2D eigenvalue weighted by atomic mass is 16.6. The van der Waals surface area contributed by atoms with Crippen molar-refractivity contribution in [2.45, 2.75) is 51.2 Å². The first-order valence-electron chi connectivity index (χ1n) is 10.6. The number of nitrogens with one attached hydrogen (secondary N) is 1. The van der Waals surface area contributed by atoms with E-state index in [2.05, 4.69) is 5.32 Å². The van der Waals surface area contributed by atoms with Gasteiger partial charge in [-0.05, 0) is 68.0 Å². The second kappa shape index (κ2) is 9.28. The first-order valence-corrected chi connectivity index (χ1v) is 10.6. The molecule has 1 amide bonds. The first kappa shape index (κ1) is 20.4. The van der Waals surface area contributed by atoms with Gasteiger partial charge < -0.3 is 24.3 Å². The molecule has 2 aromatic rings. The van der Waals surface area contributed by atoms with Crippen LogP contribution in [0.2, 0.25) is 0 Å². The molecule has 6 nitrogen and oxygen atoms in total. The molecule has 1 aliphatic heterocycles. The highest BCUT2D eigenvalue weighted by Gasteiger charge is 2.20. The predicted molar refractivity (Wildman–Crippen MR) is 114 cm³/mol. The quantitative estimate of drug-likeness (QED) is 0.739. The van der Waals surface area contributed by atoms with Crippen LogP contribution in [0.3, 0.4) is 0 Å². The summed E-state index contributed by atoms with van der Waals surface area (Å²) in [5.74, 6) is 2.84. The molecule has 1 aliphatic carbocycles. The lowest BCUT2D eigenvalue weighted by atomic mass is 10.1. The summed E-state index contributed by atoms with van der Waals surface area (Å²) >= 11 is 0. The van der Waals surface area contributed by atoms with E-state index in [1.807, 2.05) is 43.3 Å². The van der Waals surface area contributed by atoms with Crippen molar-refractivity contribution in [1.82, 2.24) is 5.32 Å². The van der Waals surface area contributed by atoms with E-state index in [1.54, 1.807) is 7.11 Å². The minimum Gasteiger partial charge on any atom is -0.493 e. The van der Waals surface area contributed by atoms with E-state index in [-0.39, 0.29) is 24.5 Å². The van der Waals surface area contributed by atoms with Gasteiger partial charge in [0.2, 0.25) is 5.91 Å². The summed E-state index contributed by atoms with van der Waals surface area (Å²) in [6.07, 6.45) is 5.18. The summed E-state index contributed by atoms with van der Waals surface area (Å²) in [5, 5.41) is 3.06. The van der Waals surface area contributed by atoms with Crippen molar-refractivity contribution in [2.24, 2.45) is 0 Å². The number of hydrogen-bond donors (Lipinski definition) is 1. The van der Waals surface area contributed by atoms with Gasteiger partial charge >= 0.3 is 0 Å². The molecule has 2 aliphatic rings. The molecule has 1 fully saturated rings. The third-order valence-electron chi connectivity index (χ3n) is 5.63. The fourth-order valence-electron chi connectivity index (χ4n) is 4.00. The largest absolute Gasteiger partial charge is 0.493 e. The SMILES string of the molecule is COc1cc(C(C)NC(=O)Cc2ccc3c(c2)OCCO3)ccc1OC1CCCC1. The van der Waals surface area contributed by atoms with Gasteiger partial charge in [0.05, 0.1) is 25.7 Å². The third-order valence-corrected chi connectivity index (χ3v) is 5.63. The van der Waals surface area contributed by atoms with Crippen LogP contribution >= 0.6 is 0 Å². The molecule has 1 N–H and O–H groups in total. The van der Waals surface area contributed by atoms with Crippen molar-refractivity contribution in [3.05, 3.63) is 47.5 Å². The lowest BCUT2D eigenvalue weighted by Gasteiger charge is -2.20. The Morgan fingerprint density at radius 2 is 1.83 bits per heavy atom. The van der Waals surface area contributed by atoms with Crippen LogP contribution in [0.25, 0.3) is 0 Å². The topological polar surface area (TPSA) is 66.0 Å². The minimum atomic E-state index is -0.149. The zero-order valence-electron chi connectivity index (χ0n) is 17.6. The van der Waals surface area contributed by atoms with Gasteiger partial charge in [-0.3, -0.25) is 4.79 Å². The number of fused-ring (bicyclic) bond motifs is 1. The van der Waals surface area contributed by atoms with Crippen LogP contribution in [0.15, 0.2) is 36.4 Å². The molecule has 1 atom stereocenters. The Kier molecular flexibility index (Phi) is 6.31. The van der Waals surface area contributed by atoms with Crippen LogP contribution in [0.1, 0.15) is 49.8 Å². The number of amides is 1. The number of carbonyl (C=O) groups is 1. The molecule has 2 aromatic carbocycles. The van der Waals surface area contributed by atoms with Gasteiger partial charge in [-0.25, -0.2) is 0 Å². The summed E-state index contributed by atoms with van der Waals surface area (Å²) in [6.45, 7) is 3.05. The minimum absolute atomic E-state index is 0.0515. The van der Waals surface area contributed by atoms with E-state index in [1.165, 1.54) is 12.8 Å². The Labute approximate surface area is 177 Å². The van der Waals surface area contributed by atoms with Crippen LogP contribution in [-0.2, 0) is 11.2 Å². The Hall–Kier alpha value is -2.89. The molecule has 1 unspecified atom stereocenters. The Morgan fingerprint density at radius 3 is 2.60 bits per heavy atom. The van der Waals surface area contributed by atoms with Gasteiger partial charge in [0.15, 0.2) is 23.0 Å². The standard InChI is InChI=1S/C24H29NO5/c1-16(18-8-10-21(22(15-18)27-2)30-19-5-3-4-6-19)25-24(26)14-17-7-9-20-23(13-17)29-12-11-28-20/h7-10,13,15-16,19H,3-6,11-12,14H2,1-2H3,(H,25,26). The van der Waals surface area contributed by atoms with Gasteiger partial charge in [0.25, 0.3) is 0 Å². The monoisotopic (exact) mass is 411 g/mol. The highest BCUT2D eigenvalue weighted by molar-refractivity contribution is 5.79. The molecule has 0 spiro atoms. The van der Waals surface area contributed by atoms with Crippen molar-refractivity contribution in [3.8, 4) is 23.0 Å². The molecule has 30 heavy (non-hydrogen) atoms. The summed E-state index contributed by atoms with van der Waals surface area (Å²) in [6, 6.07) is 11.3. The molecule has 1 saturated carbocycles. The fraction of sp³-hybridized carbons (Fsp3) is 0.458. The first-order chi connectivity index (χ1) is 14.6. The van der Waals surface area contributed by atoms with E-state index in [0.29, 0.717) is 24.7 Å². The molecule has 6 heteroatoms. The number of ether oxygens (including phenoxy) is 4.